The number of nitrogens with two attached hydrogens (primary N) is 1. The Morgan fingerprint density at radius 1 is 1.50 bits per heavy atom. The molecule has 1 aromatic rings. The molecular formula is C11H15Br2N3. The highest BCUT2D eigenvalue weighted by atomic mass is 79.9. The number of nitrogens with zero attached hydrogens (tertiary/aromatic N) is 1. The van der Waals surface area contributed by atoms with E-state index in [1.807, 2.05) is 12.3 Å². The summed E-state index contributed by atoms with van der Waals surface area (Å²) in [6, 6.07) is 2.15. The molecule has 2 rings (SSSR count). The topological polar surface area (TPSA) is 50.9 Å². The van der Waals surface area contributed by atoms with Crippen LogP contribution in [-0.4, -0.2) is 4.98 Å². The van der Waals surface area contributed by atoms with E-state index < -0.39 is 0 Å². The summed E-state index contributed by atoms with van der Waals surface area (Å²) < 4.78 is 1.97. The van der Waals surface area contributed by atoms with Gasteiger partial charge in [-0.1, -0.05) is 12.8 Å². The standard InChI is InChI=1S/C11H15Br2N3/c12-8-5-9(13)11(15-6-8)10(16-14)4-3-7-1-2-7/h5-7,10,16H,1-4,14H2. The Morgan fingerprint density at radius 2 is 2.25 bits per heavy atom. The van der Waals surface area contributed by atoms with Crippen LogP contribution in [-0.2, 0) is 0 Å². The van der Waals surface area contributed by atoms with Crippen molar-refractivity contribution in [3.63, 3.8) is 0 Å². The van der Waals surface area contributed by atoms with Crippen LogP contribution in [0, 0.1) is 5.92 Å². The molecule has 0 amide bonds. The van der Waals surface area contributed by atoms with E-state index in [1.54, 1.807) is 0 Å². The van der Waals surface area contributed by atoms with Gasteiger partial charge in [0.1, 0.15) is 0 Å². The third-order valence-electron chi connectivity index (χ3n) is 2.93. The number of hydrogen-bond donors (Lipinski definition) is 2. The van der Waals surface area contributed by atoms with Crippen LogP contribution in [0.3, 0.4) is 0 Å². The first-order valence-electron chi connectivity index (χ1n) is 5.47. The van der Waals surface area contributed by atoms with Gasteiger partial charge in [-0.05, 0) is 56.7 Å². The van der Waals surface area contributed by atoms with E-state index in [2.05, 4.69) is 42.3 Å². The summed E-state index contributed by atoms with van der Waals surface area (Å²) in [4.78, 5) is 4.41. The summed E-state index contributed by atoms with van der Waals surface area (Å²) in [5, 5.41) is 0. The molecule has 3 N–H and O–H groups in total. The van der Waals surface area contributed by atoms with Gasteiger partial charge in [-0.15, -0.1) is 0 Å². The Kier molecular flexibility index (Phi) is 4.35. The number of rotatable bonds is 5. The molecule has 1 aliphatic rings. The van der Waals surface area contributed by atoms with Gasteiger partial charge in [0.25, 0.3) is 0 Å². The van der Waals surface area contributed by atoms with Crippen molar-refractivity contribution in [3.8, 4) is 0 Å². The highest BCUT2D eigenvalue weighted by Gasteiger charge is 2.23. The van der Waals surface area contributed by atoms with Crippen LogP contribution in [0.25, 0.3) is 0 Å². The zero-order chi connectivity index (χ0) is 11.5. The predicted molar refractivity (Wildman–Crippen MR) is 71.7 cm³/mol. The molecule has 1 atom stereocenters. The molecule has 5 heteroatoms. The van der Waals surface area contributed by atoms with Crippen molar-refractivity contribution in [2.75, 3.05) is 0 Å². The molecule has 0 aliphatic heterocycles. The van der Waals surface area contributed by atoms with Gasteiger partial charge in [0.2, 0.25) is 0 Å². The zero-order valence-electron chi connectivity index (χ0n) is 8.92. The second-order valence-electron chi connectivity index (χ2n) is 4.26. The van der Waals surface area contributed by atoms with Crippen molar-refractivity contribution in [1.29, 1.82) is 0 Å². The van der Waals surface area contributed by atoms with Crippen molar-refractivity contribution in [1.82, 2.24) is 10.4 Å². The summed E-state index contributed by atoms with van der Waals surface area (Å²) in [6.07, 6.45) is 6.85. The van der Waals surface area contributed by atoms with Gasteiger partial charge in [-0.2, -0.15) is 0 Å². The maximum Gasteiger partial charge on any atom is 0.0729 e. The van der Waals surface area contributed by atoms with Crippen LogP contribution in [0.1, 0.15) is 37.4 Å². The molecule has 1 aromatic heterocycles. The molecule has 0 aromatic carbocycles. The summed E-state index contributed by atoms with van der Waals surface area (Å²) >= 11 is 6.92. The Morgan fingerprint density at radius 3 is 2.81 bits per heavy atom. The molecule has 88 valence electrons. The number of hydrazine groups is 1. The lowest BCUT2D eigenvalue weighted by atomic mass is 10.1. The lowest BCUT2D eigenvalue weighted by Gasteiger charge is -2.16. The number of nitrogens with one attached hydrogen (secondary N) is 1. The highest BCUT2D eigenvalue weighted by molar-refractivity contribution is 9.11. The van der Waals surface area contributed by atoms with Crippen molar-refractivity contribution >= 4 is 31.9 Å². The Hall–Kier alpha value is 0.0300. The second kappa shape index (κ2) is 5.58. The summed E-state index contributed by atoms with van der Waals surface area (Å²) in [5.41, 5.74) is 3.85. The Labute approximate surface area is 112 Å². The van der Waals surface area contributed by atoms with E-state index in [4.69, 9.17) is 5.84 Å². The third kappa shape index (κ3) is 3.26. The average molecular weight is 349 g/mol. The SMILES string of the molecule is NNC(CCC1CC1)c1ncc(Br)cc1Br. The van der Waals surface area contributed by atoms with Crippen LogP contribution in [0.15, 0.2) is 21.2 Å². The summed E-state index contributed by atoms with van der Waals surface area (Å²) in [7, 11) is 0. The van der Waals surface area contributed by atoms with Crippen LogP contribution in [0.2, 0.25) is 0 Å². The van der Waals surface area contributed by atoms with Gasteiger partial charge < -0.3 is 0 Å². The minimum Gasteiger partial charge on any atom is -0.271 e. The van der Waals surface area contributed by atoms with E-state index in [-0.39, 0.29) is 6.04 Å². The fraction of sp³-hybridized carbons (Fsp3) is 0.545. The molecule has 1 saturated carbocycles. The van der Waals surface area contributed by atoms with Crippen molar-refractivity contribution in [2.45, 2.75) is 31.7 Å². The number of halogens is 2. The van der Waals surface area contributed by atoms with Gasteiger partial charge in [0, 0.05) is 15.1 Å². The molecular weight excluding hydrogens is 334 g/mol. The third-order valence-corrected chi connectivity index (χ3v) is 4.00. The zero-order valence-corrected chi connectivity index (χ0v) is 12.1. The minimum atomic E-state index is 0.142. The van der Waals surface area contributed by atoms with Gasteiger partial charge in [0.15, 0.2) is 0 Å². The molecule has 0 radical (unpaired) electrons. The first-order valence-corrected chi connectivity index (χ1v) is 7.06. The van der Waals surface area contributed by atoms with Crippen molar-refractivity contribution in [2.24, 2.45) is 11.8 Å². The van der Waals surface area contributed by atoms with Crippen LogP contribution >= 0.6 is 31.9 Å². The molecule has 1 heterocycles. The number of pyridine rings is 1. The fourth-order valence-corrected chi connectivity index (χ4v) is 3.05. The van der Waals surface area contributed by atoms with Crippen LogP contribution in [0.5, 0.6) is 0 Å². The maximum atomic E-state index is 5.60. The lowest BCUT2D eigenvalue weighted by molar-refractivity contribution is 0.470. The quantitative estimate of drug-likeness (QED) is 0.634. The molecule has 16 heavy (non-hydrogen) atoms. The minimum absolute atomic E-state index is 0.142. The molecule has 0 bridgehead atoms. The van der Waals surface area contributed by atoms with Gasteiger partial charge in [-0.25, -0.2) is 0 Å². The van der Waals surface area contributed by atoms with Gasteiger partial charge in [-0.3, -0.25) is 16.3 Å². The first-order chi connectivity index (χ1) is 7.70. The van der Waals surface area contributed by atoms with E-state index in [0.29, 0.717) is 0 Å². The molecule has 3 nitrogen and oxygen atoms in total. The highest BCUT2D eigenvalue weighted by Crippen LogP contribution is 2.36. The maximum absolute atomic E-state index is 5.60. The predicted octanol–water partition coefficient (Wildman–Crippen LogP) is 3.30. The smallest absolute Gasteiger partial charge is 0.0729 e. The van der Waals surface area contributed by atoms with Crippen molar-refractivity contribution < 1.29 is 0 Å². The van der Waals surface area contributed by atoms with E-state index in [0.717, 1.165) is 27.0 Å². The molecule has 1 aliphatic carbocycles. The van der Waals surface area contributed by atoms with Gasteiger partial charge in [0.05, 0.1) is 11.7 Å². The largest absolute Gasteiger partial charge is 0.271 e. The van der Waals surface area contributed by atoms with E-state index in [9.17, 15) is 0 Å². The average Bonchev–Trinajstić information content (AvgIpc) is 3.05. The molecule has 0 saturated heterocycles. The van der Waals surface area contributed by atoms with E-state index >= 15 is 0 Å². The Balaban J connectivity index is 2.05. The summed E-state index contributed by atoms with van der Waals surface area (Å²) in [6.45, 7) is 0. The number of hydrogen-bond acceptors (Lipinski definition) is 3. The molecule has 1 unspecified atom stereocenters. The Bertz CT molecular complexity index is 366. The van der Waals surface area contributed by atoms with Gasteiger partial charge >= 0.3 is 0 Å². The second-order valence-corrected chi connectivity index (χ2v) is 6.03. The molecule has 0 spiro atoms. The first kappa shape index (κ1) is 12.5. The monoisotopic (exact) mass is 347 g/mol. The van der Waals surface area contributed by atoms with Crippen LogP contribution in [0.4, 0.5) is 0 Å². The summed E-state index contributed by atoms with van der Waals surface area (Å²) in [5.74, 6) is 6.52. The van der Waals surface area contributed by atoms with E-state index in [1.165, 1.54) is 19.3 Å². The normalized spacial score (nSPS) is 17.4. The fourth-order valence-electron chi connectivity index (χ4n) is 1.79. The molecule has 1 fully saturated rings. The lowest BCUT2D eigenvalue weighted by Crippen LogP contribution is -2.29. The van der Waals surface area contributed by atoms with Crippen LogP contribution < -0.4 is 11.3 Å². The van der Waals surface area contributed by atoms with Crippen molar-refractivity contribution in [3.05, 3.63) is 26.9 Å². The number of aromatic nitrogens is 1.